The normalized spacial score (nSPS) is 17.8. The van der Waals surface area contributed by atoms with E-state index in [9.17, 15) is 13.6 Å². The molecule has 1 aromatic carbocycles. The molecule has 2 rings (SSSR count). The van der Waals surface area contributed by atoms with E-state index in [2.05, 4.69) is 11.8 Å². The van der Waals surface area contributed by atoms with Gasteiger partial charge in [-0.05, 0) is 24.6 Å². The molecule has 1 atom stereocenters. The fourth-order valence-corrected chi connectivity index (χ4v) is 2.49. The average Bonchev–Trinajstić information content (AvgIpc) is 2.50. The quantitative estimate of drug-likeness (QED) is 0.912. The first-order valence-corrected chi connectivity index (χ1v) is 7.18. The van der Waals surface area contributed by atoms with Crippen LogP contribution in [-0.2, 0) is 0 Å². The van der Waals surface area contributed by atoms with Crippen molar-refractivity contribution in [3.8, 4) is 0 Å². The largest absolute Gasteiger partial charge is 0.336 e. The minimum Gasteiger partial charge on any atom is -0.336 e. The van der Waals surface area contributed by atoms with E-state index in [1.54, 1.807) is 4.90 Å². The Morgan fingerprint density at radius 3 is 2.57 bits per heavy atom. The molecule has 1 aliphatic rings. The van der Waals surface area contributed by atoms with Crippen LogP contribution in [0.4, 0.5) is 8.78 Å². The molecule has 1 amide bonds. The van der Waals surface area contributed by atoms with Gasteiger partial charge in [0.15, 0.2) is 11.6 Å². The molecule has 0 radical (unpaired) electrons. The summed E-state index contributed by atoms with van der Waals surface area (Å²) in [6, 6.07) is 3.69. The molecule has 21 heavy (non-hydrogen) atoms. The minimum absolute atomic E-state index is 0.196. The maximum absolute atomic E-state index is 13.7. The first-order valence-electron chi connectivity index (χ1n) is 7.18. The van der Waals surface area contributed by atoms with Crippen molar-refractivity contribution < 1.29 is 13.6 Å². The van der Waals surface area contributed by atoms with Gasteiger partial charge >= 0.3 is 0 Å². The van der Waals surface area contributed by atoms with Crippen molar-refractivity contribution in [3.63, 3.8) is 0 Å². The smallest absolute Gasteiger partial charge is 0.257 e. The minimum atomic E-state index is -1.07. The Kier molecular flexibility index (Phi) is 5.25. The first-order chi connectivity index (χ1) is 10.0. The van der Waals surface area contributed by atoms with Crippen molar-refractivity contribution >= 4 is 5.91 Å². The predicted molar refractivity (Wildman–Crippen MR) is 76.9 cm³/mol. The Hall–Kier alpha value is -1.53. The fraction of sp³-hybridized carbons (Fsp3) is 0.533. The SMILES string of the molecule is CC(CN)CN1CCN(C(=O)c2cccc(F)c2F)CC1. The molecule has 1 aliphatic heterocycles. The lowest BCUT2D eigenvalue weighted by atomic mass is 10.1. The number of hydrogen-bond acceptors (Lipinski definition) is 3. The van der Waals surface area contributed by atoms with Crippen LogP contribution >= 0.6 is 0 Å². The van der Waals surface area contributed by atoms with Crippen LogP contribution in [0.2, 0.25) is 0 Å². The molecule has 116 valence electrons. The van der Waals surface area contributed by atoms with Gasteiger partial charge in [-0.3, -0.25) is 9.69 Å². The van der Waals surface area contributed by atoms with Crippen molar-refractivity contribution in [2.45, 2.75) is 6.92 Å². The molecule has 0 bridgehead atoms. The number of rotatable bonds is 4. The summed E-state index contributed by atoms with van der Waals surface area (Å²) in [6.07, 6.45) is 0. The molecule has 1 heterocycles. The molecular formula is C15H21F2N3O. The second-order valence-electron chi connectivity index (χ2n) is 5.54. The predicted octanol–water partition coefficient (Wildman–Crippen LogP) is 1.32. The summed E-state index contributed by atoms with van der Waals surface area (Å²) in [5.74, 6) is -2.09. The third-order valence-corrected chi connectivity index (χ3v) is 3.81. The van der Waals surface area contributed by atoms with Gasteiger partial charge < -0.3 is 10.6 Å². The molecular weight excluding hydrogens is 276 g/mol. The molecule has 0 aliphatic carbocycles. The molecule has 2 N–H and O–H groups in total. The highest BCUT2D eigenvalue weighted by Gasteiger charge is 2.25. The van der Waals surface area contributed by atoms with Crippen LogP contribution in [0.15, 0.2) is 18.2 Å². The van der Waals surface area contributed by atoms with Crippen LogP contribution in [0.3, 0.4) is 0 Å². The number of piperazine rings is 1. The average molecular weight is 297 g/mol. The lowest BCUT2D eigenvalue weighted by Crippen LogP contribution is -2.50. The second-order valence-corrected chi connectivity index (χ2v) is 5.54. The first kappa shape index (κ1) is 15.9. The Bertz CT molecular complexity index is 502. The molecule has 1 saturated heterocycles. The zero-order valence-electron chi connectivity index (χ0n) is 12.2. The molecule has 0 aromatic heterocycles. The van der Waals surface area contributed by atoms with Gasteiger partial charge in [0.05, 0.1) is 5.56 Å². The van der Waals surface area contributed by atoms with Gasteiger partial charge in [-0.2, -0.15) is 0 Å². The summed E-state index contributed by atoms with van der Waals surface area (Å²) in [7, 11) is 0. The van der Waals surface area contributed by atoms with Crippen LogP contribution in [0, 0.1) is 17.6 Å². The van der Waals surface area contributed by atoms with Crippen LogP contribution in [0.5, 0.6) is 0 Å². The number of hydrogen-bond donors (Lipinski definition) is 1. The highest BCUT2D eigenvalue weighted by Crippen LogP contribution is 2.15. The van der Waals surface area contributed by atoms with Crippen molar-refractivity contribution in [2.75, 3.05) is 39.3 Å². The lowest BCUT2D eigenvalue weighted by molar-refractivity contribution is 0.0616. The van der Waals surface area contributed by atoms with Crippen LogP contribution in [0.1, 0.15) is 17.3 Å². The van der Waals surface area contributed by atoms with E-state index in [4.69, 9.17) is 5.73 Å². The number of halogens is 2. The molecule has 1 fully saturated rings. The van der Waals surface area contributed by atoms with Gasteiger partial charge in [-0.1, -0.05) is 13.0 Å². The Balaban J connectivity index is 1.96. The van der Waals surface area contributed by atoms with Gasteiger partial charge in [0.2, 0.25) is 0 Å². The maximum atomic E-state index is 13.7. The van der Waals surface area contributed by atoms with Crippen molar-refractivity contribution in [2.24, 2.45) is 11.7 Å². The highest BCUT2D eigenvalue weighted by molar-refractivity contribution is 5.94. The monoisotopic (exact) mass is 297 g/mol. The molecule has 4 nitrogen and oxygen atoms in total. The Morgan fingerprint density at radius 2 is 1.95 bits per heavy atom. The highest BCUT2D eigenvalue weighted by atomic mass is 19.2. The zero-order valence-corrected chi connectivity index (χ0v) is 12.2. The van der Waals surface area contributed by atoms with E-state index in [1.165, 1.54) is 12.1 Å². The van der Waals surface area contributed by atoms with E-state index in [-0.39, 0.29) is 5.56 Å². The maximum Gasteiger partial charge on any atom is 0.257 e. The number of carbonyl (C=O) groups excluding carboxylic acids is 1. The Morgan fingerprint density at radius 1 is 1.29 bits per heavy atom. The van der Waals surface area contributed by atoms with E-state index in [0.29, 0.717) is 25.6 Å². The number of amides is 1. The molecule has 0 spiro atoms. The lowest BCUT2D eigenvalue weighted by Gasteiger charge is -2.35. The number of benzene rings is 1. The zero-order chi connectivity index (χ0) is 15.4. The summed E-state index contributed by atoms with van der Waals surface area (Å²) >= 11 is 0. The summed E-state index contributed by atoms with van der Waals surface area (Å²) < 4.78 is 26.8. The van der Waals surface area contributed by atoms with Gasteiger partial charge in [0, 0.05) is 32.7 Å². The number of carbonyl (C=O) groups is 1. The summed E-state index contributed by atoms with van der Waals surface area (Å²) in [6.45, 7) is 6.11. The molecule has 0 saturated carbocycles. The van der Waals surface area contributed by atoms with E-state index in [0.717, 1.165) is 25.7 Å². The van der Waals surface area contributed by atoms with Crippen molar-refractivity contribution in [1.29, 1.82) is 0 Å². The van der Waals surface area contributed by atoms with Gasteiger partial charge in [0.25, 0.3) is 5.91 Å². The fourth-order valence-electron chi connectivity index (χ4n) is 2.49. The van der Waals surface area contributed by atoms with Crippen LogP contribution in [0.25, 0.3) is 0 Å². The van der Waals surface area contributed by atoms with Gasteiger partial charge in [-0.15, -0.1) is 0 Å². The summed E-state index contributed by atoms with van der Waals surface area (Å²) in [5, 5.41) is 0. The van der Waals surface area contributed by atoms with E-state index in [1.807, 2.05) is 0 Å². The van der Waals surface area contributed by atoms with E-state index >= 15 is 0 Å². The standard InChI is InChI=1S/C15H21F2N3O/c1-11(9-18)10-19-5-7-20(8-6-19)15(21)12-3-2-4-13(16)14(12)17/h2-4,11H,5-10,18H2,1H3. The molecule has 1 unspecified atom stereocenters. The number of nitrogens with zero attached hydrogens (tertiary/aromatic N) is 2. The van der Waals surface area contributed by atoms with Crippen molar-refractivity contribution in [1.82, 2.24) is 9.80 Å². The van der Waals surface area contributed by atoms with Gasteiger partial charge in [-0.25, -0.2) is 8.78 Å². The molecule has 1 aromatic rings. The van der Waals surface area contributed by atoms with Gasteiger partial charge in [0.1, 0.15) is 0 Å². The third kappa shape index (κ3) is 3.77. The second kappa shape index (κ2) is 6.95. The summed E-state index contributed by atoms with van der Waals surface area (Å²) in [5.41, 5.74) is 5.41. The molecule has 6 heteroatoms. The van der Waals surface area contributed by atoms with Crippen LogP contribution < -0.4 is 5.73 Å². The topological polar surface area (TPSA) is 49.6 Å². The van der Waals surface area contributed by atoms with E-state index < -0.39 is 17.5 Å². The van der Waals surface area contributed by atoms with Crippen molar-refractivity contribution in [3.05, 3.63) is 35.4 Å². The Labute approximate surface area is 123 Å². The summed E-state index contributed by atoms with van der Waals surface area (Å²) in [4.78, 5) is 16.0. The number of nitrogens with two attached hydrogens (primary N) is 1. The third-order valence-electron chi connectivity index (χ3n) is 3.81. The van der Waals surface area contributed by atoms with Crippen LogP contribution in [-0.4, -0.2) is 55.0 Å².